The molecular formula is C14H16N4O2. The molecule has 0 radical (unpaired) electrons. The molecule has 0 unspecified atom stereocenters. The Morgan fingerprint density at radius 3 is 2.50 bits per heavy atom. The molecule has 0 atom stereocenters. The minimum atomic E-state index is -0.394. The van der Waals surface area contributed by atoms with Gasteiger partial charge in [0.2, 0.25) is 0 Å². The highest BCUT2D eigenvalue weighted by Gasteiger charge is 2.04. The summed E-state index contributed by atoms with van der Waals surface area (Å²) in [5.74, 6) is 1.54. The molecule has 0 saturated heterocycles. The van der Waals surface area contributed by atoms with Crippen molar-refractivity contribution in [3.05, 3.63) is 57.5 Å². The molecule has 2 aromatic rings. The van der Waals surface area contributed by atoms with Gasteiger partial charge in [-0.25, -0.2) is 9.97 Å². The molecule has 1 aromatic heterocycles. The van der Waals surface area contributed by atoms with Crippen LogP contribution in [0.5, 0.6) is 0 Å². The number of nitrogens with one attached hydrogen (secondary N) is 1. The second-order valence-corrected chi connectivity index (χ2v) is 4.54. The van der Waals surface area contributed by atoms with Gasteiger partial charge in [0.25, 0.3) is 5.69 Å². The first kappa shape index (κ1) is 13.9. The third kappa shape index (κ3) is 3.74. The average molecular weight is 272 g/mol. The average Bonchev–Trinajstić information content (AvgIpc) is 2.38. The highest BCUT2D eigenvalue weighted by atomic mass is 16.6. The monoisotopic (exact) mass is 272 g/mol. The lowest BCUT2D eigenvalue weighted by Crippen LogP contribution is -2.07. The van der Waals surface area contributed by atoms with Gasteiger partial charge in [0.05, 0.1) is 4.92 Å². The SMILES string of the molecule is Cc1cc(NCCc2ccc([N+](=O)[O-])cc2)nc(C)n1. The first-order valence-corrected chi connectivity index (χ1v) is 6.34. The molecule has 6 nitrogen and oxygen atoms in total. The number of aryl methyl sites for hydroxylation is 2. The fourth-order valence-electron chi connectivity index (χ4n) is 1.93. The third-order valence-corrected chi connectivity index (χ3v) is 2.83. The molecule has 1 aromatic carbocycles. The van der Waals surface area contributed by atoms with Gasteiger partial charge in [-0.2, -0.15) is 0 Å². The smallest absolute Gasteiger partial charge is 0.269 e. The first-order chi connectivity index (χ1) is 9.54. The lowest BCUT2D eigenvalue weighted by molar-refractivity contribution is -0.384. The lowest BCUT2D eigenvalue weighted by Gasteiger charge is -2.07. The van der Waals surface area contributed by atoms with Crippen LogP contribution in [-0.2, 0) is 6.42 Å². The number of rotatable bonds is 5. The second-order valence-electron chi connectivity index (χ2n) is 4.54. The molecule has 0 spiro atoms. The topological polar surface area (TPSA) is 81.0 Å². The fraction of sp³-hybridized carbons (Fsp3) is 0.286. The number of aromatic nitrogens is 2. The Labute approximate surface area is 117 Å². The van der Waals surface area contributed by atoms with Crippen molar-refractivity contribution in [3.8, 4) is 0 Å². The van der Waals surface area contributed by atoms with Gasteiger partial charge in [0.15, 0.2) is 0 Å². The number of nitro benzene ring substituents is 1. The van der Waals surface area contributed by atoms with E-state index in [1.165, 1.54) is 12.1 Å². The van der Waals surface area contributed by atoms with Crippen LogP contribution in [0.3, 0.4) is 0 Å². The number of non-ortho nitro benzene ring substituents is 1. The molecule has 0 bridgehead atoms. The van der Waals surface area contributed by atoms with Crippen LogP contribution in [0, 0.1) is 24.0 Å². The molecule has 2 rings (SSSR count). The quantitative estimate of drug-likeness (QED) is 0.668. The van der Waals surface area contributed by atoms with Crippen LogP contribution >= 0.6 is 0 Å². The molecule has 0 aliphatic carbocycles. The van der Waals surface area contributed by atoms with Crippen LogP contribution < -0.4 is 5.32 Å². The number of nitrogens with zero attached hydrogens (tertiary/aromatic N) is 3. The molecule has 6 heteroatoms. The maximum atomic E-state index is 10.6. The van der Waals surface area contributed by atoms with Crippen LogP contribution in [0.2, 0.25) is 0 Å². The molecule has 0 aliphatic rings. The van der Waals surface area contributed by atoms with Crippen molar-refractivity contribution >= 4 is 11.5 Å². The van der Waals surface area contributed by atoms with E-state index < -0.39 is 4.92 Å². The van der Waals surface area contributed by atoms with Gasteiger partial charge in [-0.15, -0.1) is 0 Å². The molecular weight excluding hydrogens is 256 g/mol. The normalized spacial score (nSPS) is 10.3. The largest absolute Gasteiger partial charge is 0.370 e. The Hall–Kier alpha value is -2.50. The minimum absolute atomic E-state index is 0.115. The summed E-state index contributed by atoms with van der Waals surface area (Å²) >= 11 is 0. The van der Waals surface area contributed by atoms with E-state index in [2.05, 4.69) is 15.3 Å². The molecule has 1 heterocycles. The third-order valence-electron chi connectivity index (χ3n) is 2.83. The van der Waals surface area contributed by atoms with Crippen molar-refractivity contribution in [2.75, 3.05) is 11.9 Å². The van der Waals surface area contributed by atoms with E-state index >= 15 is 0 Å². The summed E-state index contributed by atoms with van der Waals surface area (Å²) in [6.45, 7) is 4.50. The van der Waals surface area contributed by atoms with Crippen LogP contribution in [0.4, 0.5) is 11.5 Å². The highest BCUT2D eigenvalue weighted by molar-refractivity contribution is 5.37. The van der Waals surface area contributed by atoms with E-state index in [4.69, 9.17) is 0 Å². The molecule has 1 N–H and O–H groups in total. The van der Waals surface area contributed by atoms with E-state index in [0.29, 0.717) is 6.54 Å². The highest BCUT2D eigenvalue weighted by Crippen LogP contribution is 2.12. The van der Waals surface area contributed by atoms with E-state index in [1.807, 2.05) is 19.9 Å². The van der Waals surface area contributed by atoms with Crippen LogP contribution in [0.1, 0.15) is 17.1 Å². The Kier molecular flexibility index (Phi) is 4.24. The van der Waals surface area contributed by atoms with Gasteiger partial charge in [0, 0.05) is 30.4 Å². The Bertz CT molecular complexity index is 591. The van der Waals surface area contributed by atoms with Gasteiger partial charge in [-0.3, -0.25) is 10.1 Å². The number of nitro groups is 1. The Morgan fingerprint density at radius 1 is 1.20 bits per heavy atom. The van der Waals surface area contributed by atoms with E-state index in [1.54, 1.807) is 12.1 Å². The van der Waals surface area contributed by atoms with E-state index in [0.717, 1.165) is 29.3 Å². The van der Waals surface area contributed by atoms with Crippen molar-refractivity contribution < 1.29 is 4.92 Å². The summed E-state index contributed by atoms with van der Waals surface area (Å²) in [4.78, 5) is 18.7. The zero-order chi connectivity index (χ0) is 14.5. The summed E-state index contributed by atoms with van der Waals surface area (Å²) in [5.41, 5.74) is 2.09. The summed E-state index contributed by atoms with van der Waals surface area (Å²) in [5, 5.41) is 13.8. The summed E-state index contributed by atoms with van der Waals surface area (Å²) < 4.78 is 0. The zero-order valence-electron chi connectivity index (χ0n) is 11.5. The number of anilines is 1. The summed E-state index contributed by atoms with van der Waals surface area (Å²) in [7, 11) is 0. The van der Waals surface area contributed by atoms with Gasteiger partial charge in [-0.05, 0) is 25.8 Å². The molecule has 0 aliphatic heterocycles. The van der Waals surface area contributed by atoms with Gasteiger partial charge >= 0.3 is 0 Å². The fourth-order valence-corrected chi connectivity index (χ4v) is 1.93. The van der Waals surface area contributed by atoms with Crippen LogP contribution in [0.15, 0.2) is 30.3 Å². The Morgan fingerprint density at radius 2 is 1.90 bits per heavy atom. The molecule has 0 saturated carbocycles. The maximum Gasteiger partial charge on any atom is 0.269 e. The molecule has 0 amide bonds. The van der Waals surface area contributed by atoms with Crippen LogP contribution in [-0.4, -0.2) is 21.4 Å². The van der Waals surface area contributed by atoms with Crippen molar-refractivity contribution in [1.82, 2.24) is 9.97 Å². The van der Waals surface area contributed by atoms with Crippen molar-refractivity contribution in [2.45, 2.75) is 20.3 Å². The maximum absolute atomic E-state index is 10.6. The predicted molar refractivity (Wildman–Crippen MR) is 76.8 cm³/mol. The van der Waals surface area contributed by atoms with Crippen molar-refractivity contribution in [3.63, 3.8) is 0 Å². The van der Waals surface area contributed by atoms with Crippen molar-refractivity contribution in [1.29, 1.82) is 0 Å². The van der Waals surface area contributed by atoms with Crippen molar-refractivity contribution in [2.24, 2.45) is 0 Å². The van der Waals surface area contributed by atoms with Gasteiger partial charge in [-0.1, -0.05) is 12.1 Å². The summed E-state index contributed by atoms with van der Waals surface area (Å²) in [6, 6.07) is 8.48. The van der Waals surface area contributed by atoms with E-state index in [9.17, 15) is 10.1 Å². The van der Waals surface area contributed by atoms with E-state index in [-0.39, 0.29) is 5.69 Å². The van der Waals surface area contributed by atoms with Crippen LogP contribution in [0.25, 0.3) is 0 Å². The molecule has 104 valence electrons. The standard InChI is InChI=1S/C14H16N4O2/c1-10-9-14(17-11(2)16-10)15-8-7-12-3-5-13(6-4-12)18(19)20/h3-6,9H,7-8H2,1-2H3,(H,15,16,17). The first-order valence-electron chi connectivity index (χ1n) is 6.34. The lowest BCUT2D eigenvalue weighted by atomic mass is 10.1. The van der Waals surface area contributed by atoms with Gasteiger partial charge < -0.3 is 5.32 Å². The predicted octanol–water partition coefficient (Wildman–Crippen LogP) is 2.66. The Balaban J connectivity index is 1.90. The number of benzene rings is 1. The molecule has 0 fully saturated rings. The molecule has 20 heavy (non-hydrogen) atoms. The number of hydrogen-bond acceptors (Lipinski definition) is 5. The summed E-state index contributed by atoms with van der Waals surface area (Å²) in [6.07, 6.45) is 0.778. The zero-order valence-corrected chi connectivity index (χ0v) is 11.5. The van der Waals surface area contributed by atoms with Gasteiger partial charge in [0.1, 0.15) is 11.6 Å². The minimum Gasteiger partial charge on any atom is -0.370 e. The number of hydrogen-bond donors (Lipinski definition) is 1. The second kappa shape index (κ2) is 6.10.